The molecule has 0 aromatic carbocycles. The molecule has 2 rings (SSSR count). The van der Waals surface area contributed by atoms with Gasteiger partial charge in [0.25, 0.3) is 0 Å². The normalized spacial score (nSPS) is 27.7. The molecule has 0 spiro atoms. The lowest BCUT2D eigenvalue weighted by Crippen LogP contribution is -2.43. The van der Waals surface area contributed by atoms with Gasteiger partial charge in [-0.05, 0) is 56.7 Å². The van der Waals surface area contributed by atoms with E-state index in [0.29, 0.717) is 16.9 Å². The van der Waals surface area contributed by atoms with Crippen LogP contribution in [0, 0.1) is 11.8 Å². The minimum atomic E-state index is -1.60. The van der Waals surface area contributed by atoms with Crippen LogP contribution in [0.5, 0.6) is 0 Å². The zero-order valence-corrected chi connectivity index (χ0v) is 15.3. The molecule has 0 bridgehead atoms. The van der Waals surface area contributed by atoms with Gasteiger partial charge in [0.2, 0.25) is 0 Å². The third kappa shape index (κ3) is 3.28. The van der Waals surface area contributed by atoms with E-state index in [1.165, 1.54) is 25.7 Å². The Labute approximate surface area is 126 Å². The Kier molecular flexibility index (Phi) is 4.65. The van der Waals surface area contributed by atoms with Gasteiger partial charge < -0.3 is 4.43 Å². The maximum absolute atomic E-state index is 6.50. The lowest BCUT2D eigenvalue weighted by Gasteiger charge is -2.40. The van der Waals surface area contributed by atoms with E-state index in [1.54, 1.807) is 11.1 Å². The van der Waals surface area contributed by atoms with Crippen molar-refractivity contribution in [2.45, 2.75) is 71.5 Å². The third-order valence-corrected chi connectivity index (χ3v) is 10.2. The molecular formula is C18H32OSi. The summed E-state index contributed by atoms with van der Waals surface area (Å²) in [6.45, 7) is 15.0. The van der Waals surface area contributed by atoms with Gasteiger partial charge in [-0.15, -0.1) is 0 Å². The zero-order valence-electron chi connectivity index (χ0n) is 14.3. The number of allylic oxidation sites excluding steroid dienone is 4. The number of rotatable bonds is 3. The average Bonchev–Trinajstić information content (AvgIpc) is 2.37. The SMILES string of the molecule is CC1=C2CCC=CC2C(CO[Si](C)(C)C(C)(C)C)CC1. The van der Waals surface area contributed by atoms with Gasteiger partial charge in [-0.25, -0.2) is 0 Å². The van der Waals surface area contributed by atoms with Crippen LogP contribution in [0.15, 0.2) is 23.3 Å². The van der Waals surface area contributed by atoms with Gasteiger partial charge in [0.05, 0.1) is 0 Å². The molecule has 0 heterocycles. The van der Waals surface area contributed by atoms with Gasteiger partial charge in [0.15, 0.2) is 8.32 Å². The standard InChI is InChI=1S/C18H32OSi/c1-14-11-12-15(17-10-8-7-9-16(14)17)13-19-20(5,6)18(2,3)4/h8,10,15,17H,7,9,11-13H2,1-6H3. The predicted molar refractivity (Wildman–Crippen MR) is 90.4 cm³/mol. The lowest BCUT2D eigenvalue weighted by molar-refractivity contribution is 0.190. The fourth-order valence-electron chi connectivity index (χ4n) is 3.16. The average molecular weight is 293 g/mol. The van der Waals surface area contributed by atoms with Crippen LogP contribution in [0.25, 0.3) is 0 Å². The molecule has 2 unspecified atom stereocenters. The van der Waals surface area contributed by atoms with Crippen molar-refractivity contribution in [3.63, 3.8) is 0 Å². The fraction of sp³-hybridized carbons (Fsp3) is 0.778. The van der Waals surface area contributed by atoms with Gasteiger partial charge in [-0.2, -0.15) is 0 Å². The minimum Gasteiger partial charge on any atom is -0.417 e. The summed E-state index contributed by atoms with van der Waals surface area (Å²) in [6.07, 6.45) is 9.94. The molecule has 2 heteroatoms. The smallest absolute Gasteiger partial charge is 0.191 e. The lowest BCUT2D eigenvalue weighted by atomic mass is 9.72. The highest BCUT2D eigenvalue weighted by Crippen LogP contribution is 2.42. The molecule has 0 fully saturated rings. The second kappa shape index (κ2) is 5.80. The second-order valence-electron chi connectivity index (χ2n) is 8.17. The van der Waals surface area contributed by atoms with Crippen LogP contribution in [-0.4, -0.2) is 14.9 Å². The Balaban J connectivity index is 2.04. The number of hydrogen-bond acceptors (Lipinski definition) is 1. The Morgan fingerprint density at radius 1 is 1.25 bits per heavy atom. The van der Waals surface area contributed by atoms with Gasteiger partial charge in [0, 0.05) is 12.5 Å². The minimum absolute atomic E-state index is 0.318. The fourth-order valence-corrected chi connectivity index (χ4v) is 4.23. The summed E-state index contributed by atoms with van der Waals surface area (Å²) in [7, 11) is -1.60. The highest BCUT2D eigenvalue weighted by Gasteiger charge is 2.39. The molecule has 2 aliphatic rings. The van der Waals surface area contributed by atoms with Crippen LogP contribution in [0.2, 0.25) is 18.1 Å². The summed E-state index contributed by atoms with van der Waals surface area (Å²) in [4.78, 5) is 0. The summed E-state index contributed by atoms with van der Waals surface area (Å²) in [5.74, 6) is 1.38. The highest BCUT2D eigenvalue weighted by molar-refractivity contribution is 6.74. The summed E-state index contributed by atoms with van der Waals surface area (Å²) in [6, 6.07) is 0. The second-order valence-corrected chi connectivity index (χ2v) is 13.0. The third-order valence-electron chi connectivity index (χ3n) is 5.74. The molecule has 0 aromatic heterocycles. The van der Waals surface area contributed by atoms with Crippen molar-refractivity contribution in [2.24, 2.45) is 11.8 Å². The van der Waals surface area contributed by atoms with Crippen molar-refractivity contribution >= 4 is 8.32 Å². The first-order valence-corrected chi connectivity index (χ1v) is 11.1. The summed E-state index contributed by atoms with van der Waals surface area (Å²) in [5.41, 5.74) is 3.38. The first-order valence-electron chi connectivity index (χ1n) is 8.21. The van der Waals surface area contributed by atoms with Crippen molar-refractivity contribution in [1.82, 2.24) is 0 Å². The molecule has 0 radical (unpaired) electrons. The largest absolute Gasteiger partial charge is 0.417 e. The van der Waals surface area contributed by atoms with E-state index in [1.807, 2.05) is 0 Å². The van der Waals surface area contributed by atoms with Crippen LogP contribution < -0.4 is 0 Å². The van der Waals surface area contributed by atoms with Crippen LogP contribution in [0.3, 0.4) is 0 Å². The van der Waals surface area contributed by atoms with Crippen molar-refractivity contribution in [3.8, 4) is 0 Å². The van der Waals surface area contributed by atoms with E-state index in [0.717, 1.165) is 6.61 Å². The van der Waals surface area contributed by atoms with Crippen molar-refractivity contribution in [2.75, 3.05) is 6.61 Å². The monoisotopic (exact) mass is 292 g/mol. The van der Waals surface area contributed by atoms with Crippen LogP contribution in [0.1, 0.15) is 53.4 Å². The molecule has 0 N–H and O–H groups in total. The topological polar surface area (TPSA) is 9.23 Å². The first kappa shape index (κ1) is 16.0. The maximum atomic E-state index is 6.50. The van der Waals surface area contributed by atoms with E-state index in [9.17, 15) is 0 Å². The zero-order chi connectivity index (χ0) is 15.0. The van der Waals surface area contributed by atoms with Gasteiger partial charge in [0.1, 0.15) is 0 Å². The van der Waals surface area contributed by atoms with Crippen molar-refractivity contribution < 1.29 is 4.43 Å². The summed E-state index contributed by atoms with van der Waals surface area (Å²) >= 11 is 0. The van der Waals surface area contributed by atoms with E-state index < -0.39 is 8.32 Å². The summed E-state index contributed by atoms with van der Waals surface area (Å²) < 4.78 is 6.50. The van der Waals surface area contributed by atoms with E-state index in [4.69, 9.17) is 4.43 Å². The highest BCUT2D eigenvalue weighted by atomic mass is 28.4. The Morgan fingerprint density at radius 3 is 2.60 bits per heavy atom. The molecule has 0 saturated heterocycles. The van der Waals surface area contributed by atoms with E-state index in [2.05, 4.69) is 52.9 Å². The van der Waals surface area contributed by atoms with Gasteiger partial charge >= 0.3 is 0 Å². The molecule has 0 saturated carbocycles. The molecule has 0 aromatic rings. The Morgan fingerprint density at radius 2 is 1.95 bits per heavy atom. The molecule has 0 amide bonds. The molecule has 2 atom stereocenters. The van der Waals surface area contributed by atoms with Crippen molar-refractivity contribution in [1.29, 1.82) is 0 Å². The Bertz CT molecular complexity index is 412. The predicted octanol–water partition coefficient (Wildman–Crippen LogP) is 5.70. The molecule has 114 valence electrons. The number of fused-ring (bicyclic) bond motifs is 1. The molecule has 2 aliphatic carbocycles. The quantitative estimate of drug-likeness (QED) is 0.479. The van der Waals surface area contributed by atoms with Gasteiger partial charge in [-0.1, -0.05) is 44.1 Å². The molecule has 0 aliphatic heterocycles. The van der Waals surface area contributed by atoms with Crippen LogP contribution in [-0.2, 0) is 4.43 Å². The Hall–Kier alpha value is -0.343. The summed E-state index contributed by atoms with van der Waals surface area (Å²) in [5, 5.41) is 0.318. The first-order chi connectivity index (χ1) is 9.22. The van der Waals surface area contributed by atoms with Crippen LogP contribution in [0.4, 0.5) is 0 Å². The van der Waals surface area contributed by atoms with E-state index in [-0.39, 0.29) is 0 Å². The number of hydrogen-bond donors (Lipinski definition) is 0. The molecular weight excluding hydrogens is 260 g/mol. The van der Waals surface area contributed by atoms with Gasteiger partial charge in [-0.3, -0.25) is 0 Å². The van der Waals surface area contributed by atoms with E-state index >= 15 is 0 Å². The van der Waals surface area contributed by atoms with Crippen molar-refractivity contribution in [3.05, 3.63) is 23.3 Å². The molecule has 20 heavy (non-hydrogen) atoms. The van der Waals surface area contributed by atoms with Crippen LogP contribution >= 0.6 is 0 Å². The maximum Gasteiger partial charge on any atom is 0.191 e. The molecule has 1 nitrogen and oxygen atoms in total.